The Morgan fingerprint density at radius 1 is 1.31 bits per heavy atom. The Bertz CT molecular complexity index is 182. The molecule has 0 radical (unpaired) electrons. The largest absolute Gasteiger partial charge is 0.403 e. The minimum Gasteiger partial charge on any atom is -0.395 e. The summed E-state index contributed by atoms with van der Waals surface area (Å²) in [5, 5.41) is 25.8. The van der Waals surface area contributed by atoms with Crippen molar-refractivity contribution in [2.24, 2.45) is 0 Å². The normalized spacial score (nSPS) is 14.9. The zero-order chi connectivity index (χ0) is 10.5. The molecule has 13 heavy (non-hydrogen) atoms. The van der Waals surface area contributed by atoms with E-state index >= 15 is 0 Å². The van der Waals surface area contributed by atoms with Crippen LogP contribution in [0.25, 0.3) is 0 Å². The van der Waals surface area contributed by atoms with Crippen molar-refractivity contribution < 1.29 is 29.7 Å². The van der Waals surface area contributed by atoms with Gasteiger partial charge >= 0.3 is 7.75 Å². The second-order valence-electron chi connectivity index (χ2n) is 2.49. The summed E-state index contributed by atoms with van der Waals surface area (Å²) in [6.07, 6.45) is -1.22. The lowest BCUT2D eigenvalue weighted by molar-refractivity contribution is 0.0684. The van der Waals surface area contributed by atoms with Crippen molar-refractivity contribution in [2.75, 3.05) is 26.3 Å². The molecule has 7 nitrogen and oxygen atoms in total. The Morgan fingerprint density at radius 2 is 1.85 bits per heavy atom. The fourth-order valence-electron chi connectivity index (χ4n) is 0.744. The third-order valence-corrected chi connectivity index (χ3v) is 2.46. The minimum atomic E-state index is -4.46. The topological polar surface area (TPSA) is 121 Å². The third kappa shape index (κ3) is 5.33. The standard InChI is InChI=1S/C5H14NO6P/c7-2-1-6(13(10,11)12)3-5(9)4-8/h5,7-9H,1-4H2,(H2,10,11,12). The number of rotatable bonds is 6. The van der Waals surface area contributed by atoms with Gasteiger partial charge in [-0.05, 0) is 0 Å². The minimum absolute atomic E-state index is 0.249. The maximum atomic E-state index is 10.7. The molecule has 0 saturated carbocycles. The number of hydrogen-bond acceptors (Lipinski definition) is 4. The van der Waals surface area contributed by atoms with Gasteiger partial charge < -0.3 is 25.1 Å². The molecule has 0 aromatic carbocycles. The Balaban J connectivity index is 4.18. The van der Waals surface area contributed by atoms with Crippen molar-refractivity contribution in [3.63, 3.8) is 0 Å². The summed E-state index contributed by atoms with van der Waals surface area (Å²) < 4.78 is 11.3. The summed E-state index contributed by atoms with van der Waals surface area (Å²) in [4.78, 5) is 17.4. The molecule has 0 saturated heterocycles. The Labute approximate surface area is 75.4 Å². The SMILES string of the molecule is O=P(O)(O)N(CCO)CC(O)CO. The fourth-order valence-corrected chi connectivity index (χ4v) is 1.50. The Morgan fingerprint density at radius 3 is 2.15 bits per heavy atom. The van der Waals surface area contributed by atoms with Crippen molar-refractivity contribution in [3.05, 3.63) is 0 Å². The van der Waals surface area contributed by atoms with Crippen LogP contribution >= 0.6 is 7.75 Å². The van der Waals surface area contributed by atoms with Crippen molar-refractivity contribution in [1.29, 1.82) is 0 Å². The predicted octanol–water partition coefficient (Wildman–Crippen LogP) is -2.27. The lowest BCUT2D eigenvalue weighted by Gasteiger charge is -2.23. The first-order chi connectivity index (χ1) is 5.91. The average Bonchev–Trinajstić information content (AvgIpc) is 2.01. The monoisotopic (exact) mass is 215 g/mol. The molecule has 0 rings (SSSR count). The third-order valence-electron chi connectivity index (χ3n) is 1.36. The molecule has 8 heteroatoms. The van der Waals surface area contributed by atoms with Crippen LogP contribution in [0.4, 0.5) is 0 Å². The van der Waals surface area contributed by atoms with Crippen molar-refractivity contribution in [2.45, 2.75) is 6.10 Å². The van der Waals surface area contributed by atoms with E-state index in [1.165, 1.54) is 0 Å². The smallest absolute Gasteiger partial charge is 0.395 e. The van der Waals surface area contributed by atoms with E-state index in [1.807, 2.05) is 0 Å². The first kappa shape index (κ1) is 13.0. The van der Waals surface area contributed by atoms with Crippen LogP contribution in [0.2, 0.25) is 0 Å². The van der Waals surface area contributed by atoms with Crippen LogP contribution in [-0.2, 0) is 4.57 Å². The number of nitrogens with zero attached hydrogens (tertiary/aromatic N) is 1. The van der Waals surface area contributed by atoms with Gasteiger partial charge in [0.2, 0.25) is 0 Å². The van der Waals surface area contributed by atoms with Crippen LogP contribution in [0.1, 0.15) is 0 Å². The molecule has 0 heterocycles. The second kappa shape index (κ2) is 5.66. The molecule has 0 aliphatic carbocycles. The first-order valence-electron chi connectivity index (χ1n) is 3.62. The van der Waals surface area contributed by atoms with Gasteiger partial charge in [-0.3, -0.25) is 0 Å². The van der Waals surface area contributed by atoms with E-state index in [1.54, 1.807) is 0 Å². The van der Waals surface area contributed by atoms with Gasteiger partial charge in [-0.25, -0.2) is 9.24 Å². The highest BCUT2D eigenvalue weighted by Gasteiger charge is 2.26. The number of hydrogen-bond donors (Lipinski definition) is 5. The molecule has 0 aromatic heterocycles. The molecule has 5 N–H and O–H groups in total. The maximum absolute atomic E-state index is 10.7. The summed E-state index contributed by atoms with van der Waals surface area (Å²) in [5.74, 6) is 0. The van der Waals surface area contributed by atoms with Gasteiger partial charge in [0.1, 0.15) is 0 Å². The zero-order valence-corrected chi connectivity index (χ0v) is 7.84. The predicted molar refractivity (Wildman–Crippen MR) is 43.8 cm³/mol. The highest BCUT2D eigenvalue weighted by atomic mass is 31.2. The van der Waals surface area contributed by atoms with E-state index in [2.05, 4.69) is 0 Å². The number of aliphatic hydroxyl groups is 3. The highest BCUT2D eigenvalue weighted by Crippen LogP contribution is 2.39. The van der Waals surface area contributed by atoms with Gasteiger partial charge in [0.15, 0.2) is 0 Å². The van der Waals surface area contributed by atoms with E-state index < -0.39 is 27.1 Å². The van der Waals surface area contributed by atoms with Crippen molar-refractivity contribution >= 4 is 7.75 Å². The zero-order valence-electron chi connectivity index (χ0n) is 6.94. The van der Waals surface area contributed by atoms with Gasteiger partial charge in [-0.15, -0.1) is 0 Å². The van der Waals surface area contributed by atoms with Crippen molar-refractivity contribution in [1.82, 2.24) is 4.67 Å². The molecule has 0 aliphatic heterocycles. The van der Waals surface area contributed by atoms with Crippen LogP contribution in [0.5, 0.6) is 0 Å². The Kier molecular flexibility index (Phi) is 5.66. The number of aliphatic hydroxyl groups excluding tert-OH is 3. The molecule has 0 aliphatic rings. The summed E-state index contributed by atoms with van der Waals surface area (Å²) >= 11 is 0. The molecule has 0 fully saturated rings. The lowest BCUT2D eigenvalue weighted by atomic mass is 10.4. The van der Waals surface area contributed by atoms with E-state index in [0.29, 0.717) is 4.67 Å². The molecular weight excluding hydrogens is 201 g/mol. The van der Waals surface area contributed by atoms with Gasteiger partial charge in [0, 0.05) is 13.1 Å². The molecule has 1 atom stereocenters. The molecular formula is C5H14NO6P. The van der Waals surface area contributed by atoms with Crippen LogP contribution < -0.4 is 0 Å². The molecule has 0 spiro atoms. The first-order valence-corrected chi connectivity index (χ1v) is 5.19. The molecule has 0 amide bonds. The molecule has 1 unspecified atom stereocenters. The van der Waals surface area contributed by atoms with E-state index in [-0.39, 0.29) is 13.1 Å². The summed E-state index contributed by atoms with van der Waals surface area (Å²) in [7, 11) is -4.46. The van der Waals surface area contributed by atoms with E-state index in [0.717, 1.165) is 0 Å². The van der Waals surface area contributed by atoms with Gasteiger partial charge in [0.05, 0.1) is 19.3 Å². The van der Waals surface area contributed by atoms with Crippen LogP contribution in [0.3, 0.4) is 0 Å². The highest BCUT2D eigenvalue weighted by molar-refractivity contribution is 7.49. The van der Waals surface area contributed by atoms with Gasteiger partial charge in [-0.1, -0.05) is 0 Å². The summed E-state index contributed by atoms with van der Waals surface area (Å²) in [6.45, 7) is -1.63. The molecule has 0 aromatic rings. The van der Waals surface area contributed by atoms with E-state index in [9.17, 15) is 4.57 Å². The summed E-state index contributed by atoms with van der Waals surface area (Å²) in [6, 6.07) is 0. The molecule has 0 bridgehead atoms. The van der Waals surface area contributed by atoms with Crippen molar-refractivity contribution in [3.8, 4) is 0 Å². The van der Waals surface area contributed by atoms with E-state index in [4.69, 9.17) is 25.1 Å². The van der Waals surface area contributed by atoms with Gasteiger partial charge in [-0.2, -0.15) is 0 Å². The average molecular weight is 215 g/mol. The van der Waals surface area contributed by atoms with Crippen LogP contribution in [-0.4, -0.2) is 62.2 Å². The maximum Gasteiger partial charge on any atom is 0.403 e. The quantitative estimate of drug-likeness (QED) is 0.316. The summed E-state index contributed by atoms with van der Waals surface area (Å²) in [5.41, 5.74) is 0. The second-order valence-corrected chi connectivity index (χ2v) is 4.08. The fraction of sp³-hybridized carbons (Fsp3) is 1.00. The lowest BCUT2D eigenvalue weighted by Crippen LogP contribution is -2.33. The van der Waals surface area contributed by atoms with Crippen LogP contribution in [0, 0.1) is 0 Å². The Hall–Kier alpha value is -0.0100. The molecule has 80 valence electrons. The van der Waals surface area contributed by atoms with Gasteiger partial charge in [0.25, 0.3) is 0 Å². The van der Waals surface area contributed by atoms with Crippen LogP contribution in [0.15, 0.2) is 0 Å².